The van der Waals surface area contributed by atoms with Crippen LogP contribution in [0.1, 0.15) is 0 Å². The van der Waals surface area contributed by atoms with Gasteiger partial charge in [0.2, 0.25) is 0 Å². The molecule has 8 aromatic rings. The van der Waals surface area contributed by atoms with Gasteiger partial charge in [-0.2, -0.15) is 0 Å². The summed E-state index contributed by atoms with van der Waals surface area (Å²) in [7, 11) is 0. The van der Waals surface area contributed by atoms with E-state index in [1.165, 1.54) is 74.4 Å². The Balaban J connectivity index is 1.65. The first-order valence-electron chi connectivity index (χ1n) is 11.4. The number of rotatable bonds is 1. The third-order valence-electron chi connectivity index (χ3n) is 7.19. The molecule has 0 saturated heterocycles. The highest BCUT2D eigenvalue weighted by molar-refractivity contribution is 7.27. The van der Waals surface area contributed by atoms with Gasteiger partial charge in [-0.25, -0.2) is 0 Å². The van der Waals surface area contributed by atoms with E-state index in [2.05, 4.69) is 109 Å². The summed E-state index contributed by atoms with van der Waals surface area (Å²) in [5.41, 5.74) is 2.62. The molecule has 1 heteroatoms. The van der Waals surface area contributed by atoms with E-state index in [1.54, 1.807) is 0 Å². The molecule has 0 aliphatic rings. The smallest absolute Gasteiger partial charge is 0.0440 e. The van der Waals surface area contributed by atoms with Crippen LogP contribution in [-0.2, 0) is 0 Å². The highest BCUT2D eigenvalue weighted by Crippen LogP contribution is 2.49. The topological polar surface area (TPSA) is 0 Å². The molecular weight excluding hydrogens is 416 g/mol. The van der Waals surface area contributed by atoms with Crippen LogP contribution in [0.15, 0.2) is 109 Å². The molecule has 0 fully saturated rings. The van der Waals surface area contributed by atoms with Gasteiger partial charge < -0.3 is 0 Å². The number of fused-ring (bicyclic) bond motifs is 6. The standard InChI is InChI=1S/C32H18S/c1-2-11-21-19(8-1)9-5-13-22(21)27-18-20-10-6-15-25-29(20)30-23(27)14-7-16-26(30)32-31(25)24-12-3-4-17-28(24)33-32/h1-18H. The summed E-state index contributed by atoms with van der Waals surface area (Å²) < 4.78 is 2.76. The molecule has 0 unspecified atom stereocenters. The molecule has 1 aromatic heterocycles. The lowest BCUT2D eigenvalue weighted by atomic mass is 9.86. The minimum absolute atomic E-state index is 1.28. The number of thiophene rings is 1. The number of hydrogen-bond donors (Lipinski definition) is 0. The van der Waals surface area contributed by atoms with Crippen molar-refractivity contribution in [2.45, 2.75) is 0 Å². The molecule has 8 rings (SSSR count). The van der Waals surface area contributed by atoms with Crippen LogP contribution in [0.25, 0.3) is 74.4 Å². The number of benzene rings is 7. The average Bonchev–Trinajstić information content (AvgIpc) is 3.27. The van der Waals surface area contributed by atoms with E-state index < -0.39 is 0 Å². The first-order valence-corrected chi connectivity index (χ1v) is 12.2. The summed E-state index contributed by atoms with van der Waals surface area (Å²) >= 11 is 1.92. The summed E-state index contributed by atoms with van der Waals surface area (Å²) in [6.07, 6.45) is 0. The van der Waals surface area contributed by atoms with Crippen molar-refractivity contribution in [1.29, 1.82) is 0 Å². The highest BCUT2D eigenvalue weighted by atomic mass is 32.1. The van der Waals surface area contributed by atoms with Gasteiger partial charge in [-0.3, -0.25) is 0 Å². The number of hydrogen-bond acceptors (Lipinski definition) is 1. The Morgan fingerprint density at radius 3 is 2.03 bits per heavy atom. The van der Waals surface area contributed by atoms with E-state index in [9.17, 15) is 0 Å². The van der Waals surface area contributed by atoms with Gasteiger partial charge in [0.15, 0.2) is 0 Å². The van der Waals surface area contributed by atoms with Gasteiger partial charge in [-0.05, 0) is 61.0 Å². The molecule has 0 atom stereocenters. The second-order valence-electron chi connectivity index (χ2n) is 8.89. The molecule has 0 spiro atoms. The van der Waals surface area contributed by atoms with Crippen molar-refractivity contribution in [3.63, 3.8) is 0 Å². The molecule has 0 aliphatic heterocycles. The normalized spacial score (nSPS) is 12.2. The van der Waals surface area contributed by atoms with E-state index in [0.717, 1.165) is 0 Å². The second-order valence-corrected chi connectivity index (χ2v) is 9.94. The Morgan fingerprint density at radius 1 is 0.394 bits per heavy atom. The molecule has 0 amide bonds. The third kappa shape index (κ3) is 2.25. The zero-order valence-electron chi connectivity index (χ0n) is 17.8. The van der Waals surface area contributed by atoms with Crippen molar-refractivity contribution >= 4 is 74.6 Å². The van der Waals surface area contributed by atoms with Gasteiger partial charge in [-0.1, -0.05) is 97.1 Å². The average molecular weight is 435 g/mol. The summed E-state index contributed by atoms with van der Waals surface area (Å²) in [5.74, 6) is 0. The van der Waals surface area contributed by atoms with Crippen LogP contribution < -0.4 is 0 Å². The maximum Gasteiger partial charge on any atom is 0.0440 e. The van der Waals surface area contributed by atoms with Gasteiger partial charge in [0.05, 0.1) is 0 Å². The summed E-state index contributed by atoms with van der Waals surface area (Å²) in [4.78, 5) is 0. The van der Waals surface area contributed by atoms with E-state index >= 15 is 0 Å². The zero-order chi connectivity index (χ0) is 21.5. The Kier molecular flexibility index (Phi) is 3.37. The van der Waals surface area contributed by atoms with E-state index in [4.69, 9.17) is 0 Å². The Hall–Kier alpha value is -3.94. The lowest BCUT2D eigenvalue weighted by Crippen LogP contribution is -1.89. The molecule has 152 valence electrons. The second kappa shape index (κ2) is 6.31. The van der Waals surface area contributed by atoms with Crippen LogP contribution >= 0.6 is 11.3 Å². The molecule has 0 radical (unpaired) electrons. The molecule has 33 heavy (non-hydrogen) atoms. The van der Waals surface area contributed by atoms with E-state index in [-0.39, 0.29) is 0 Å². The van der Waals surface area contributed by atoms with Crippen LogP contribution in [0, 0.1) is 0 Å². The van der Waals surface area contributed by atoms with Crippen LogP contribution in [0.5, 0.6) is 0 Å². The third-order valence-corrected chi connectivity index (χ3v) is 8.39. The zero-order valence-corrected chi connectivity index (χ0v) is 18.6. The lowest BCUT2D eigenvalue weighted by molar-refractivity contribution is 1.71. The minimum Gasteiger partial charge on any atom is -0.135 e. The summed E-state index contributed by atoms with van der Waals surface area (Å²) in [5, 5.41) is 13.5. The van der Waals surface area contributed by atoms with Crippen LogP contribution in [0.3, 0.4) is 0 Å². The van der Waals surface area contributed by atoms with Gasteiger partial charge in [0.1, 0.15) is 0 Å². The molecule has 7 aromatic carbocycles. The van der Waals surface area contributed by atoms with Crippen LogP contribution in [0.4, 0.5) is 0 Å². The summed E-state index contributed by atoms with van der Waals surface area (Å²) in [6.45, 7) is 0. The van der Waals surface area contributed by atoms with Crippen molar-refractivity contribution in [2.75, 3.05) is 0 Å². The first kappa shape index (κ1) is 17.6. The Labute approximate surface area is 194 Å². The predicted molar refractivity (Wildman–Crippen MR) is 146 cm³/mol. The molecule has 0 saturated carbocycles. The predicted octanol–water partition coefficient (Wildman–Crippen LogP) is 9.77. The molecular formula is C32H18S. The van der Waals surface area contributed by atoms with E-state index in [0.29, 0.717) is 0 Å². The van der Waals surface area contributed by atoms with Gasteiger partial charge in [-0.15, -0.1) is 11.3 Å². The summed E-state index contributed by atoms with van der Waals surface area (Å²) in [6, 6.07) is 40.3. The van der Waals surface area contributed by atoms with E-state index in [1.807, 2.05) is 11.3 Å². The highest BCUT2D eigenvalue weighted by Gasteiger charge is 2.19. The van der Waals surface area contributed by atoms with Crippen molar-refractivity contribution in [1.82, 2.24) is 0 Å². The maximum absolute atomic E-state index is 2.41. The van der Waals surface area contributed by atoms with Gasteiger partial charge >= 0.3 is 0 Å². The maximum atomic E-state index is 2.41. The SMILES string of the molecule is c1ccc2c(-c3cc4cccc5c6c7ccccc7sc6c6cccc3c6c45)cccc2c1. The molecule has 1 heterocycles. The quantitative estimate of drug-likeness (QED) is 0.226. The van der Waals surface area contributed by atoms with Crippen LogP contribution in [-0.4, -0.2) is 0 Å². The lowest BCUT2D eigenvalue weighted by Gasteiger charge is -2.17. The van der Waals surface area contributed by atoms with Crippen molar-refractivity contribution < 1.29 is 0 Å². The molecule has 0 N–H and O–H groups in total. The van der Waals surface area contributed by atoms with Crippen molar-refractivity contribution in [3.8, 4) is 11.1 Å². The first-order chi connectivity index (χ1) is 16.4. The Bertz CT molecular complexity index is 2020. The monoisotopic (exact) mass is 434 g/mol. The van der Waals surface area contributed by atoms with Gasteiger partial charge in [0, 0.05) is 25.6 Å². The minimum atomic E-state index is 1.28. The molecule has 0 aliphatic carbocycles. The largest absolute Gasteiger partial charge is 0.135 e. The van der Waals surface area contributed by atoms with Crippen molar-refractivity contribution in [2.24, 2.45) is 0 Å². The Morgan fingerprint density at radius 2 is 1.06 bits per heavy atom. The van der Waals surface area contributed by atoms with Gasteiger partial charge in [0.25, 0.3) is 0 Å². The fourth-order valence-electron chi connectivity index (χ4n) is 5.83. The molecule has 0 bridgehead atoms. The molecule has 0 nitrogen and oxygen atoms in total. The van der Waals surface area contributed by atoms with Crippen LogP contribution in [0.2, 0.25) is 0 Å². The fraction of sp³-hybridized carbons (Fsp3) is 0. The fourth-order valence-corrected chi connectivity index (χ4v) is 7.08. The van der Waals surface area contributed by atoms with Crippen molar-refractivity contribution in [3.05, 3.63) is 109 Å².